The number of halogens is 1. The summed E-state index contributed by atoms with van der Waals surface area (Å²) in [5.41, 5.74) is 0.852. The summed E-state index contributed by atoms with van der Waals surface area (Å²) in [5, 5.41) is 2.74. The molecule has 0 heterocycles. The fraction of sp³-hybridized carbons (Fsp3) is 0.310. The zero-order chi connectivity index (χ0) is 29.3. The van der Waals surface area contributed by atoms with Crippen molar-refractivity contribution in [3.05, 3.63) is 84.2 Å². The Labute approximate surface area is 234 Å². The van der Waals surface area contributed by atoms with Gasteiger partial charge in [0, 0.05) is 19.2 Å². The second kappa shape index (κ2) is 13.8. The molecule has 0 aliphatic carbocycles. The number of likely N-dealkylation sites (N-methyl/N-ethyl adjacent to an activating group) is 1. The Morgan fingerprint density at radius 3 is 2.15 bits per heavy atom. The first kappa shape index (κ1) is 30.4. The highest BCUT2D eigenvalue weighted by atomic mass is 32.2. The number of rotatable bonds is 13. The zero-order valence-electron chi connectivity index (χ0n) is 23.0. The van der Waals surface area contributed by atoms with Gasteiger partial charge in [0.15, 0.2) is 11.5 Å². The van der Waals surface area contributed by atoms with Crippen molar-refractivity contribution in [2.24, 2.45) is 0 Å². The lowest BCUT2D eigenvalue weighted by Gasteiger charge is -2.33. The fourth-order valence-electron chi connectivity index (χ4n) is 4.23. The third kappa shape index (κ3) is 7.09. The Morgan fingerprint density at radius 1 is 0.925 bits per heavy atom. The Hall–Kier alpha value is -4.12. The molecule has 0 unspecified atom stereocenters. The summed E-state index contributed by atoms with van der Waals surface area (Å²) >= 11 is 0. The molecule has 0 aromatic heterocycles. The van der Waals surface area contributed by atoms with E-state index in [1.165, 1.54) is 61.6 Å². The number of ether oxygens (including phenoxy) is 2. The molecule has 0 saturated heterocycles. The summed E-state index contributed by atoms with van der Waals surface area (Å²) in [7, 11) is -1.45. The fourth-order valence-corrected chi connectivity index (χ4v) is 5.66. The molecular formula is C29H34FN3O6S. The van der Waals surface area contributed by atoms with Gasteiger partial charge in [-0.1, -0.05) is 37.3 Å². The predicted molar refractivity (Wildman–Crippen MR) is 150 cm³/mol. The first-order valence-electron chi connectivity index (χ1n) is 12.8. The number of hydrogen-bond donors (Lipinski definition) is 1. The number of methoxy groups -OCH3 is 2. The second-order valence-electron chi connectivity index (χ2n) is 8.83. The first-order valence-corrected chi connectivity index (χ1v) is 14.2. The number of nitrogens with one attached hydrogen (secondary N) is 1. The van der Waals surface area contributed by atoms with Crippen molar-refractivity contribution in [3.63, 3.8) is 0 Å². The molecule has 3 rings (SSSR count). The maximum absolute atomic E-state index is 14.0. The van der Waals surface area contributed by atoms with Crippen LogP contribution in [0.1, 0.15) is 25.8 Å². The van der Waals surface area contributed by atoms with Crippen molar-refractivity contribution in [1.82, 2.24) is 10.2 Å². The molecule has 0 saturated carbocycles. The van der Waals surface area contributed by atoms with Crippen molar-refractivity contribution in [2.75, 3.05) is 31.6 Å². The number of nitrogens with zero attached hydrogens (tertiary/aromatic N) is 2. The number of para-hydroxylation sites is 1. The molecule has 214 valence electrons. The van der Waals surface area contributed by atoms with Gasteiger partial charge in [0.2, 0.25) is 11.8 Å². The van der Waals surface area contributed by atoms with Gasteiger partial charge in [-0.15, -0.1) is 0 Å². The van der Waals surface area contributed by atoms with E-state index in [0.29, 0.717) is 17.9 Å². The summed E-state index contributed by atoms with van der Waals surface area (Å²) in [6.45, 7) is 3.28. The summed E-state index contributed by atoms with van der Waals surface area (Å²) < 4.78 is 53.0. The molecule has 0 aliphatic rings. The van der Waals surface area contributed by atoms with E-state index in [-0.39, 0.29) is 35.2 Å². The van der Waals surface area contributed by atoms with E-state index in [1.54, 1.807) is 44.2 Å². The highest BCUT2D eigenvalue weighted by Gasteiger charge is 2.34. The van der Waals surface area contributed by atoms with Crippen LogP contribution in [0, 0.1) is 5.82 Å². The molecule has 1 N–H and O–H groups in total. The van der Waals surface area contributed by atoms with Crippen LogP contribution < -0.4 is 19.1 Å². The number of hydrogen-bond acceptors (Lipinski definition) is 6. The Kier molecular flexibility index (Phi) is 10.5. The summed E-state index contributed by atoms with van der Waals surface area (Å²) in [6.07, 6.45) is 0.284. The van der Waals surface area contributed by atoms with Gasteiger partial charge in [0.05, 0.1) is 24.8 Å². The monoisotopic (exact) mass is 571 g/mol. The Morgan fingerprint density at radius 2 is 1.57 bits per heavy atom. The molecule has 0 bridgehead atoms. The van der Waals surface area contributed by atoms with E-state index >= 15 is 0 Å². The van der Waals surface area contributed by atoms with Gasteiger partial charge in [-0.25, -0.2) is 12.8 Å². The van der Waals surface area contributed by atoms with Crippen LogP contribution >= 0.6 is 0 Å². The van der Waals surface area contributed by atoms with Crippen molar-refractivity contribution in [2.45, 2.75) is 37.8 Å². The van der Waals surface area contributed by atoms with Crippen LogP contribution in [-0.2, 0) is 26.2 Å². The van der Waals surface area contributed by atoms with E-state index in [4.69, 9.17) is 9.47 Å². The van der Waals surface area contributed by atoms with Crippen molar-refractivity contribution < 1.29 is 31.9 Å². The van der Waals surface area contributed by atoms with Gasteiger partial charge < -0.3 is 19.7 Å². The van der Waals surface area contributed by atoms with E-state index in [0.717, 1.165) is 4.31 Å². The van der Waals surface area contributed by atoms with Gasteiger partial charge in [0.1, 0.15) is 18.4 Å². The van der Waals surface area contributed by atoms with Crippen LogP contribution in [0.15, 0.2) is 77.7 Å². The summed E-state index contributed by atoms with van der Waals surface area (Å²) in [6, 6.07) is 17.1. The van der Waals surface area contributed by atoms with E-state index in [9.17, 15) is 22.4 Å². The summed E-state index contributed by atoms with van der Waals surface area (Å²) in [4.78, 5) is 28.1. The quantitative estimate of drug-likeness (QED) is 0.333. The minimum atomic E-state index is -4.28. The molecular weight excluding hydrogens is 537 g/mol. The molecule has 11 heteroatoms. The molecule has 1 atom stereocenters. The lowest BCUT2D eigenvalue weighted by Crippen LogP contribution is -2.52. The van der Waals surface area contributed by atoms with E-state index in [2.05, 4.69) is 5.32 Å². The molecule has 0 spiro atoms. The van der Waals surface area contributed by atoms with Crippen LogP contribution in [-0.4, -0.2) is 58.5 Å². The number of sulfonamides is 1. The molecule has 40 heavy (non-hydrogen) atoms. The van der Waals surface area contributed by atoms with Crippen LogP contribution in [0.2, 0.25) is 0 Å². The van der Waals surface area contributed by atoms with Gasteiger partial charge >= 0.3 is 0 Å². The number of anilines is 1. The van der Waals surface area contributed by atoms with Crippen molar-refractivity contribution >= 4 is 27.5 Å². The lowest BCUT2D eigenvalue weighted by molar-refractivity contribution is -0.140. The third-order valence-corrected chi connectivity index (χ3v) is 8.04. The number of benzene rings is 3. The summed E-state index contributed by atoms with van der Waals surface area (Å²) in [5.74, 6) is -0.844. The number of amides is 2. The maximum atomic E-state index is 14.0. The number of carbonyl (C=O) groups is 2. The molecule has 0 radical (unpaired) electrons. The standard InChI is InChI=1S/C29H34FN3O6S/c1-5-25(29(35)31-6-2)32(19-21-12-14-22(30)15-13-21)28(34)20-33(23-10-8-7-9-11-23)40(36,37)24-16-17-26(38-3)27(18-24)39-4/h7-18,25H,5-6,19-20H2,1-4H3,(H,31,35)/t25-/m1/s1. The first-order chi connectivity index (χ1) is 19.2. The molecule has 3 aromatic carbocycles. The molecule has 0 fully saturated rings. The zero-order valence-corrected chi connectivity index (χ0v) is 23.8. The molecule has 0 aliphatic heterocycles. The normalized spacial score (nSPS) is 11.8. The lowest BCUT2D eigenvalue weighted by atomic mass is 10.1. The maximum Gasteiger partial charge on any atom is 0.264 e. The SMILES string of the molecule is CCNC(=O)[C@@H](CC)N(Cc1ccc(F)cc1)C(=O)CN(c1ccccc1)S(=O)(=O)c1ccc(OC)c(OC)c1. The molecule has 2 amide bonds. The van der Waals surface area contributed by atoms with Gasteiger partial charge in [-0.05, 0) is 55.3 Å². The topological polar surface area (TPSA) is 105 Å². The minimum Gasteiger partial charge on any atom is -0.493 e. The van der Waals surface area contributed by atoms with Crippen LogP contribution in [0.25, 0.3) is 0 Å². The van der Waals surface area contributed by atoms with Gasteiger partial charge in [0.25, 0.3) is 10.0 Å². The number of carbonyl (C=O) groups excluding carboxylic acids is 2. The highest BCUT2D eigenvalue weighted by molar-refractivity contribution is 7.92. The molecule has 9 nitrogen and oxygen atoms in total. The minimum absolute atomic E-state index is 0.0200. The Balaban J connectivity index is 2.06. The average molecular weight is 572 g/mol. The van der Waals surface area contributed by atoms with Crippen molar-refractivity contribution in [1.29, 1.82) is 0 Å². The largest absolute Gasteiger partial charge is 0.493 e. The van der Waals surface area contributed by atoms with Crippen LogP contribution in [0.5, 0.6) is 11.5 Å². The smallest absolute Gasteiger partial charge is 0.264 e. The second-order valence-corrected chi connectivity index (χ2v) is 10.7. The van der Waals surface area contributed by atoms with Crippen LogP contribution in [0.3, 0.4) is 0 Å². The van der Waals surface area contributed by atoms with E-state index < -0.39 is 34.3 Å². The highest BCUT2D eigenvalue weighted by Crippen LogP contribution is 2.32. The van der Waals surface area contributed by atoms with Gasteiger partial charge in [-0.3, -0.25) is 13.9 Å². The average Bonchev–Trinajstić information content (AvgIpc) is 2.96. The third-order valence-electron chi connectivity index (χ3n) is 6.27. The Bertz CT molecular complexity index is 1400. The van der Waals surface area contributed by atoms with Crippen LogP contribution in [0.4, 0.5) is 10.1 Å². The van der Waals surface area contributed by atoms with Gasteiger partial charge in [-0.2, -0.15) is 0 Å². The molecule has 3 aromatic rings. The predicted octanol–water partition coefficient (Wildman–Crippen LogP) is 3.98. The van der Waals surface area contributed by atoms with E-state index in [1.807, 2.05) is 0 Å². The van der Waals surface area contributed by atoms with Crippen molar-refractivity contribution in [3.8, 4) is 11.5 Å².